The Hall–Kier alpha value is -1.88. The fourth-order valence-electron chi connectivity index (χ4n) is 1.55. The van der Waals surface area contributed by atoms with Crippen LogP contribution in [0.25, 0.3) is 0 Å². The first-order valence-electron chi connectivity index (χ1n) is 5.50. The molecule has 1 amide bonds. The van der Waals surface area contributed by atoms with Crippen LogP contribution in [0.15, 0.2) is 47.4 Å². The number of hydrogen-bond donors (Lipinski definition) is 1. The zero-order chi connectivity index (χ0) is 13.8. The molecule has 0 atom stereocenters. The van der Waals surface area contributed by atoms with E-state index in [0.717, 1.165) is 17.0 Å². The average Bonchev–Trinajstić information content (AvgIpc) is 2.39. The van der Waals surface area contributed by atoms with Crippen LogP contribution in [0, 0.1) is 11.6 Å². The summed E-state index contributed by atoms with van der Waals surface area (Å²) in [6.45, 7) is 0. The molecule has 0 bridgehead atoms. The summed E-state index contributed by atoms with van der Waals surface area (Å²) >= 11 is 1.58. The summed E-state index contributed by atoms with van der Waals surface area (Å²) in [6, 6.07) is 10.0. The Balaban J connectivity index is 2.15. The SMILES string of the molecule is CSc1ccc(NC(=O)c2ccc(F)cc2F)cc1. The summed E-state index contributed by atoms with van der Waals surface area (Å²) in [4.78, 5) is 12.9. The van der Waals surface area contributed by atoms with E-state index in [-0.39, 0.29) is 5.56 Å². The van der Waals surface area contributed by atoms with Gasteiger partial charge in [-0.05, 0) is 42.7 Å². The van der Waals surface area contributed by atoms with Gasteiger partial charge < -0.3 is 5.32 Å². The number of rotatable bonds is 3. The molecule has 0 aliphatic rings. The smallest absolute Gasteiger partial charge is 0.258 e. The molecular weight excluding hydrogens is 268 g/mol. The Morgan fingerprint density at radius 1 is 1.11 bits per heavy atom. The normalized spacial score (nSPS) is 10.3. The summed E-state index contributed by atoms with van der Waals surface area (Å²) in [5.41, 5.74) is 0.377. The van der Waals surface area contributed by atoms with Crippen LogP contribution >= 0.6 is 11.8 Å². The van der Waals surface area contributed by atoms with Gasteiger partial charge in [0.05, 0.1) is 5.56 Å². The number of thioether (sulfide) groups is 1. The lowest BCUT2D eigenvalue weighted by Gasteiger charge is -2.06. The molecule has 0 heterocycles. The van der Waals surface area contributed by atoms with Crippen LogP contribution < -0.4 is 5.32 Å². The van der Waals surface area contributed by atoms with Crippen LogP contribution in [0.5, 0.6) is 0 Å². The third kappa shape index (κ3) is 3.32. The van der Waals surface area contributed by atoms with Crippen molar-refractivity contribution >= 4 is 23.4 Å². The molecule has 2 rings (SSSR count). The van der Waals surface area contributed by atoms with Crippen molar-refractivity contribution in [3.8, 4) is 0 Å². The quantitative estimate of drug-likeness (QED) is 0.862. The fraction of sp³-hybridized carbons (Fsp3) is 0.0714. The molecule has 0 aromatic heterocycles. The number of carbonyl (C=O) groups excluding carboxylic acids is 1. The maximum atomic E-state index is 13.4. The number of halogens is 2. The molecule has 0 saturated carbocycles. The molecule has 0 radical (unpaired) electrons. The number of anilines is 1. The summed E-state index contributed by atoms with van der Waals surface area (Å²) in [6.07, 6.45) is 1.95. The molecule has 0 saturated heterocycles. The number of carbonyl (C=O) groups is 1. The van der Waals surface area contributed by atoms with Crippen molar-refractivity contribution < 1.29 is 13.6 Å². The van der Waals surface area contributed by atoms with E-state index < -0.39 is 17.5 Å². The first-order chi connectivity index (χ1) is 9.10. The maximum Gasteiger partial charge on any atom is 0.258 e. The van der Waals surface area contributed by atoms with E-state index >= 15 is 0 Å². The third-order valence-corrected chi connectivity index (χ3v) is 3.27. The van der Waals surface area contributed by atoms with Gasteiger partial charge >= 0.3 is 0 Å². The van der Waals surface area contributed by atoms with Crippen LogP contribution in [0.4, 0.5) is 14.5 Å². The molecule has 1 N–H and O–H groups in total. The highest BCUT2D eigenvalue weighted by molar-refractivity contribution is 7.98. The van der Waals surface area contributed by atoms with E-state index in [4.69, 9.17) is 0 Å². The van der Waals surface area contributed by atoms with Crippen LogP contribution in [0.1, 0.15) is 10.4 Å². The Kier molecular flexibility index (Phi) is 4.16. The lowest BCUT2D eigenvalue weighted by atomic mass is 10.2. The lowest BCUT2D eigenvalue weighted by Crippen LogP contribution is -2.13. The number of hydrogen-bond acceptors (Lipinski definition) is 2. The topological polar surface area (TPSA) is 29.1 Å². The highest BCUT2D eigenvalue weighted by Gasteiger charge is 2.12. The van der Waals surface area contributed by atoms with Crippen molar-refractivity contribution in [2.75, 3.05) is 11.6 Å². The van der Waals surface area contributed by atoms with Gasteiger partial charge in [-0.2, -0.15) is 0 Å². The van der Waals surface area contributed by atoms with Crippen molar-refractivity contribution in [2.45, 2.75) is 4.90 Å². The number of nitrogens with one attached hydrogen (secondary N) is 1. The molecular formula is C14H11F2NOS. The van der Waals surface area contributed by atoms with Crippen LogP contribution in [0.3, 0.4) is 0 Å². The van der Waals surface area contributed by atoms with Crippen molar-refractivity contribution in [2.24, 2.45) is 0 Å². The van der Waals surface area contributed by atoms with E-state index in [1.807, 2.05) is 18.4 Å². The molecule has 98 valence electrons. The standard InChI is InChI=1S/C14H11F2NOS/c1-19-11-5-3-10(4-6-11)17-14(18)12-7-2-9(15)8-13(12)16/h2-8H,1H3,(H,17,18). The minimum absolute atomic E-state index is 0.185. The van der Waals surface area contributed by atoms with Gasteiger partial charge in [0.15, 0.2) is 0 Å². The zero-order valence-corrected chi connectivity index (χ0v) is 10.9. The van der Waals surface area contributed by atoms with E-state index in [1.54, 1.807) is 23.9 Å². The highest BCUT2D eigenvalue weighted by Crippen LogP contribution is 2.18. The molecule has 0 spiro atoms. The van der Waals surface area contributed by atoms with E-state index in [2.05, 4.69) is 5.32 Å². The first kappa shape index (κ1) is 13.5. The highest BCUT2D eigenvalue weighted by atomic mass is 32.2. The second-order valence-electron chi connectivity index (χ2n) is 3.81. The average molecular weight is 279 g/mol. The van der Waals surface area contributed by atoms with E-state index in [0.29, 0.717) is 11.8 Å². The van der Waals surface area contributed by atoms with Crippen LogP contribution in [-0.2, 0) is 0 Å². The van der Waals surface area contributed by atoms with Crippen molar-refractivity contribution in [3.63, 3.8) is 0 Å². The number of benzene rings is 2. The summed E-state index contributed by atoms with van der Waals surface area (Å²) < 4.78 is 26.2. The molecule has 0 aliphatic carbocycles. The van der Waals surface area contributed by atoms with Gasteiger partial charge in [0.1, 0.15) is 11.6 Å². The van der Waals surface area contributed by atoms with E-state index in [1.165, 1.54) is 0 Å². The van der Waals surface area contributed by atoms with Gasteiger partial charge in [0, 0.05) is 16.6 Å². The monoisotopic (exact) mass is 279 g/mol. The summed E-state index contributed by atoms with van der Waals surface area (Å²) in [7, 11) is 0. The van der Waals surface area contributed by atoms with Crippen LogP contribution in [0.2, 0.25) is 0 Å². The first-order valence-corrected chi connectivity index (χ1v) is 6.73. The van der Waals surface area contributed by atoms with Gasteiger partial charge in [0.25, 0.3) is 5.91 Å². The Labute approximate surface area is 113 Å². The second kappa shape index (κ2) is 5.84. The Morgan fingerprint density at radius 2 is 1.79 bits per heavy atom. The minimum Gasteiger partial charge on any atom is -0.322 e. The Morgan fingerprint density at radius 3 is 2.37 bits per heavy atom. The molecule has 5 heteroatoms. The van der Waals surface area contributed by atoms with Gasteiger partial charge in [-0.15, -0.1) is 11.8 Å². The minimum atomic E-state index is -0.877. The van der Waals surface area contributed by atoms with E-state index in [9.17, 15) is 13.6 Å². The summed E-state index contributed by atoms with van der Waals surface area (Å²) in [5.74, 6) is -2.19. The molecule has 19 heavy (non-hydrogen) atoms. The molecule has 0 aliphatic heterocycles. The van der Waals surface area contributed by atoms with Gasteiger partial charge in [-0.1, -0.05) is 0 Å². The lowest BCUT2D eigenvalue weighted by molar-refractivity contribution is 0.102. The van der Waals surface area contributed by atoms with Crippen molar-refractivity contribution in [1.29, 1.82) is 0 Å². The third-order valence-electron chi connectivity index (χ3n) is 2.52. The van der Waals surface area contributed by atoms with Gasteiger partial charge in [-0.25, -0.2) is 8.78 Å². The molecule has 2 aromatic rings. The van der Waals surface area contributed by atoms with Crippen molar-refractivity contribution in [1.82, 2.24) is 0 Å². The van der Waals surface area contributed by atoms with Crippen molar-refractivity contribution in [3.05, 3.63) is 59.7 Å². The Bertz CT molecular complexity index is 599. The molecule has 0 fully saturated rings. The second-order valence-corrected chi connectivity index (χ2v) is 4.69. The van der Waals surface area contributed by atoms with Gasteiger partial charge in [-0.3, -0.25) is 4.79 Å². The maximum absolute atomic E-state index is 13.4. The predicted molar refractivity (Wildman–Crippen MR) is 72.5 cm³/mol. The molecule has 2 aromatic carbocycles. The largest absolute Gasteiger partial charge is 0.322 e. The van der Waals surface area contributed by atoms with Crippen LogP contribution in [-0.4, -0.2) is 12.2 Å². The predicted octanol–water partition coefficient (Wildman–Crippen LogP) is 3.94. The number of amides is 1. The molecule has 0 unspecified atom stereocenters. The molecule has 2 nitrogen and oxygen atoms in total. The van der Waals surface area contributed by atoms with Gasteiger partial charge in [0.2, 0.25) is 0 Å². The summed E-state index contributed by atoms with van der Waals surface area (Å²) in [5, 5.41) is 2.56. The zero-order valence-electron chi connectivity index (χ0n) is 10.1. The fourth-order valence-corrected chi connectivity index (χ4v) is 1.95.